The van der Waals surface area contributed by atoms with Crippen LogP contribution in [0.25, 0.3) is 6.08 Å². The summed E-state index contributed by atoms with van der Waals surface area (Å²) in [5.74, 6) is 0.284. The lowest BCUT2D eigenvalue weighted by Gasteiger charge is -2.17. The molecule has 2 aromatic rings. The topological polar surface area (TPSA) is 65.1 Å². The van der Waals surface area contributed by atoms with Crippen LogP contribution in [0.5, 0.6) is 11.5 Å². The Morgan fingerprint density at radius 1 is 1.00 bits per heavy atom. The van der Waals surface area contributed by atoms with Gasteiger partial charge in [-0.1, -0.05) is 18.2 Å². The third-order valence-corrected chi connectivity index (χ3v) is 4.54. The first-order chi connectivity index (χ1) is 13.5. The average molecular weight is 379 g/mol. The summed E-state index contributed by atoms with van der Waals surface area (Å²) in [7, 11) is 4.39. The Bertz CT molecular complexity index is 976. The maximum Gasteiger partial charge on any atom is 0.340 e. The molecule has 0 unspecified atom stereocenters. The van der Waals surface area contributed by atoms with Gasteiger partial charge in [0.15, 0.2) is 0 Å². The molecule has 0 aliphatic carbocycles. The molecule has 1 amide bonds. The zero-order chi connectivity index (χ0) is 20.3. The normalized spacial score (nSPS) is 15.2. The minimum absolute atomic E-state index is 0.231. The molecule has 0 radical (unpaired) electrons. The van der Waals surface area contributed by atoms with Gasteiger partial charge in [0.1, 0.15) is 11.5 Å². The molecule has 0 fully saturated rings. The molecule has 0 bridgehead atoms. The number of hydrogen-bond acceptors (Lipinski definition) is 5. The lowest BCUT2D eigenvalue weighted by atomic mass is 10.0. The second kappa shape index (κ2) is 8.00. The van der Waals surface area contributed by atoms with E-state index in [2.05, 4.69) is 0 Å². The van der Waals surface area contributed by atoms with Gasteiger partial charge in [-0.15, -0.1) is 0 Å². The quantitative estimate of drug-likeness (QED) is 0.587. The monoisotopic (exact) mass is 379 g/mol. The molecule has 1 heterocycles. The third-order valence-electron chi connectivity index (χ3n) is 4.54. The smallest absolute Gasteiger partial charge is 0.340 e. The van der Waals surface area contributed by atoms with Crippen molar-refractivity contribution in [3.8, 4) is 11.5 Å². The highest BCUT2D eigenvalue weighted by Gasteiger charge is 2.38. The van der Waals surface area contributed by atoms with Crippen LogP contribution in [0.1, 0.15) is 12.5 Å². The molecule has 3 rings (SSSR count). The van der Waals surface area contributed by atoms with Gasteiger partial charge in [-0.25, -0.2) is 4.79 Å². The van der Waals surface area contributed by atoms with Crippen LogP contribution in [-0.4, -0.2) is 33.2 Å². The van der Waals surface area contributed by atoms with Gasteiger partial charge in [-0.3, -0.25) is 9.69 Å². The van der Waals surface area contributed by atoms with Crippen LogP contribution in [0.2, 0.25) is 0 Å². The maximum atomic E-state index is 13.2. The van der Waals surface area contributed by atoms with Gasteiger partial charge in [-0.2, -0.15) is 0 Å². The summed E-state index contributed by atoms with van der Waals surface area (Å²) in [6.07, 6.45) is 1.64. The number of methoxy groups -OCH3 is 3. The Morgan fingerprint density at radius 3 is 2.32 bits per heavy atom. The number of para-hydroxylation sites is 1. The fourth-order valence-electron chi connectivity index (χ4n) is 3.16. The number of amides is 1. The molecule has 0 spiro atoms. The highest BCUT2D eigenvalue weighted by molar-refractivity contribution is 6.23. The van der Waals surface area contributed by atoms with E-state index in [4.69, 9.17) is 14.2 Å². The molecule has 28 heavy (non-hydrogen) atoms. The summed E-state index contributed by atoms with van der Waals surface area (Å²) in [5, 5.41) is 0. The standard InChI is InChI=1S/C22H21NO5/c1-14-20(22(25)28-4)18(21(24)23(14)16-8-6-5-7-9-16)12-15-10-11-17(26-2)13-19(15)27-3/h5-13H,1-4H3. The number of esters is 1. The molecule has 1 aliphatic rings. The van der Waals surface area contributed by atoms with E-state index in [0.717, 1.165) is 0 Å². The Kier molecular flexibility index (Phi) is 5.49. The summed E-state index contributed by atoms with van der Waals surface area (Å²) < 4.78 is 15.6. The van der Waals surface area contributed by atoms with Crippen LogP contribution in [-0.2, 0) is 14.3 Å². The van der Waals surface area contributed by atoms with Gasteiger partial charge in [0.2, 0.25) is 0 Å². The van der Waals surface area contributed by atoms with Gasteiger partial charge < -0.3 is 14.2 Å². The van der Waals surface area contributed by atoms with Crippen LogP contribution < -0.4 is 14.4 Å². The van der Waals surface area contributed by atoms with Crippen LogP contribution in [0.15, 0.2) is 65.4 Å². The van der Waals surface area contributed by atoms with E-state index in [1.807, 2.05) is 30.3 Å². The Hall–Kier alpha value is -3.54. The van der Waals surface area contributed by atoms with Gasteiger partial charge >= 0.3 is 5.97 Å². The molecule has 6 heteroatoms. The predicted octanol–water partition coefficient (Wildman–Crippen LogP) is 3.58. The van der Waals surface area contributed by atoms with E-state index in [1.165, 1.54) is 19.1 Å². The Balaban J connectivity index is 2.15. The summed E-state index contributed by atoms with van der Waals surface area (Å²) >= 11 is 0. The minimum Gasteiger partial charge on any atom is -0.497 e. The van der Waals surface area contributed by atoms with Gasteiger partial charge in [0.25, 0.3) is 5.91 Å². The number of rotatable bonds is 5. The molecule has 2 aromatic carbocycles. The zero-order valence-corrected chi connectivity index (χ0v) is 16.2. The summed E-state index contributed by atoms with van der Waals surface area (Å²) in [4.78, 5) is 27.2. The van der Waals surface area contributed by atoms with Gasteiger partial charge in [0, 0.05) is 23.0 Å². The van der Waals surface area contributed by atoms with Crippen molar-refractivity contribution >= 4 is 23.6 Å². The lowest BCUT2D eigenvalue weighted by molar-refractivity contribution is -0.136. The van der Waals surface area contributed by atoms with E-state index in [-0.39, 0.29) is 17.1 Å². The van der Waals surface area contributed by atoms with Gasteiger partial charge in [-0.05, 0) is 37.3 Å². The number of anilines is 1. The van der Waals surface area contributed by atoms with Gasteiger partial charge in [0.05, 0.1) is 32.5 Å². The molecule has 0 atom stereocenters. The van der Waals surface area contributed by atoms with Crippen molar-refractivity contribution in [2.45, 2.75) is 6.92 Å². The van der Waals surface area contributed by atoms with Crippen molar-refractivity contribution in [1.82, 2.24) is 0 Å². The van der Waals surface area contributed by atoms with E-state index in [0.29, 0.717) is 28.4 Å². The van der Waals surface area contributed by atoms with Crippen LogP contribution >= 0.6 is 0 Å². The van der Waals surface area contributed by atoms with E-state index in [9.17, 15) is 9.59 Å². The van der Waals surface area contributed by atoms with Crippen LogP contribution in [0.4, 0.5) is 5.69 Å². The molecule has 144 valence electrons. The number of allylic oxidation sites excluding steroid dienone is 1. The second-order valence-corrected chi connectivity index (χ2v) is 6.09. The maximum absolute atomic E-state index is 13.2. The largest absolute Gasteiger partial charge is 0.497 e. The first-order valence-electron chi connectivity index (χ1n) is 8.64. The number of nitrogens with zero attached hydrogens (tertiary/aromatic N) is 1. The number of hydrogen-bond donors (Lipinski definition) is 0. The van der Waals surface area contributed by atoms with Crippen molar-refractivity contribution in [3.63, 3.8) is 0 Å². The van der Waals surface area contributed by atoms with Crippen LogP contribution in [0.3, 0.4) is 0 Å². The number of carbonyl (C=O) groups excluding carboxylic acids is 2. The zero-order valence-electron chi connectivity index (χ0n) is 16.2. The minimum atomic E-state index is -0.567. The molecular weight excluding hydrogens is 358 g/mol. The van der Waals surface area contributed by atoms with E-state index in [1.54, 1.807) is 38.3 Å². The third kappa shape index (κ3) is 3.36. The fourth-order valence-corrected chi connectivity index (χ4v) is 3.16. The van der Waals surface area contributed by atoms with Crippen LogP contribution in [0, 0.1) is 0 Å². The van der Waals surface area contributed by atoms with Crippen molar-refractivity contribution in [2.75, 3.05) is 26.2 Å². The predicted molar refractivity (Wildman–Crippen MR) is 106 cm³/mol. The molecule has 0 saturated heterocycles. The van der Waals surface area contributed by atoms with Crippen molar-refractivity contribution in [2.24, 2.45) is 0 Å². The van der Waals surface area contributed by atoms with Crippen molar-refractivity contribution in [1.29, 1.82) is 0 Å². The summed E-state index contributed by atoms with van der Waals surface area (Å²) in [6, 6.07) is 14.4. The molecule has 0 N–H and O–H groups in total. The highest BCUT2D eigenvalue weighted by atomic mass is 16.5. The SMILES string of the molecule is COC(=O)C1=C(C)N(c2ccccc2)C(=O)C1=Cc1ccc(OC)cc1OC. The molecule has 1 aliphatic heterocycles. The molecule has 0 aromatic heterocycles. The van der Waals surface area contributed by atoms with Crippen molar-refractivity contribution < 1.29 is 23.8 Å². The molecular formula is C22H21NO5. The second-order valence-electron chi connectivity index (χ2n) is 6.09. The Labute approximate surface area is 163 Å². The fraction of sp³-hybridized carbons (Fsp3) is 0.182. The number of ether oxygens (including phenoxy) is 3. The molecule has 6 nitrogen and oxygen atoms in total. The van der Waals surface area contributed by atoms with Crippen molar-refractivity contribution in [3.05, 3.63) is 70.9 Å². The first kappa shape index (κ1) is 19.2. The summed E-state index contributed by atoms with van der Waals surface area (Å²) in [5.41, 5.74) is 2.32. The first-order valence-corrected chi connectivity index (χ1v) is 8.64. The lowest BCUT2D eigenvalue weighted by Crippen LogP contribution is -2.24. The Morgan fingerprint density at radius 2 is 1.71 bits per heavy atom. The number of carbonyl (C=O) groups is 2. The molecule has 0 saturated carbocycles. The summed E-state index contributed by atoms with van der Waals surface area (Å²) in [6.45, 7) is 1.73. The highest BCUT2D eigenvalue weighted by Crippen LogP contribution is 2.36. The van der Waals surface area contributed by atoms with E-state index >= 15 is 0 Å². The number of benzene rings is 2. The van der Waals surface area contributed by atoms with E-state index < -0.39 is 5.97 Å². The average Bonchev–Trinajstić information content (AvgIpc) is 2.97.